The van der Waals surface area contributed by atoms with Gasteiger partial charge in [-0.1, -0.05) is 65.8 Å². The van der Waals surface area contributed by atoms with E-state index >= 15 is 0 Å². The fourth-order valence-corrected chi connectivity index (χ4v) is 3.72. The molecule has 3 nitrogen and oxygen atoms in total. The fourth-order valence-electron chi connectivity index (χ4n) is 3.72. The number of hydrogen-bond donors (Lipinski definition) is 0. The molecule has 2 aromatic carbocycles. The van der Waals surface area contributed by atoms with E-state index in [9.17, 15) is 5.26 Å². The molecule has 0 saturated carbocycles. The van der Waals surface area contributed by atoms with Gasteiger partial charge in [-0.2, -0.15) is 5.26 Å². The lowest BCUT2D eigenvalue weighted by atomic mass is 9.69. The molecule has 0 amide bonds. The molecule has 0 spiro atoms. The quantitative estimate of drug-likeness (QED) is 0.373. The van der Waals surface area contributed by atoms with Gasteiger partial charge >= 0.3 is 0 Å². The van der Waals surface area contributed by atoms with Gasteiger partial charge in [0.05, 0.1) is 25.9 Å². The molecule has 0 aromatic heterocycles. The summed E-state index contributed by atoms with van der Waals surface area (Å²) >= 11 is 0. The lowest BCUT2D eigenvalue weighted by molar-refractivity contribution is 0.229. The zero-order valence-electron chi connectivity index (χ0n) is 19.7. The molecule has 2 rings (SSSR count). The predicted octanol–water partition coefficient (Wildman–Crippen LogP) is 7.33. The highest BCUT2D eigenvalue weighted by molar-refractivity contribution is 5.90. The van der Waals surface area contributed by atoms with E-state index in [2.05, 4.69) is 71.9 Å². The lowest BCUT2D eigenvalue weighted by Gasteiger charge is -2.36. The molecule has 160 valence electrons. The molecule has 0 bridgehead atoms. The molecule has 0 aliphatic heterocycles. The van der Waals surface area contributed by atoms with Crippen molar-refractivity contribution in [2.75, 3.05) is 14.2 Å². The van der Waals surface area contributed by atoms with Crippen molar-refractivity contribution in [3.63, 3.8) is 0 Å². The Morgan fingerprint density at radius 2 is 1.60 bits per heavy atom. The first-order valence-electron chi connectivity index (χ1n) is 10.4. The van der Waals surface area contributed by atoms with E-state index in [1.807, 2.05) is 24.3 Å². The molecule has 0 aliphatic rings. The highest BCUT2D eigenvalue weighted by Gasteiger charge is 2.30. The van der Waals surface area contributed by atoms with Crippen LogP contribution in [-0.2, 0) is 0 Å². The maximum absolute atomic E-state index is 9.80. The van der Waals surface area contributed by atoms with Gasteiger partial charge in [0.1, 0.15) is 11.5 Å². The third-order valence-electron chi connectivity index (χ3n) is 5.34. The van der Waals surface area contributed by atoms with Crippen LogP contribution in [0, 0.1) is 22.2 Å². The normalized spacial score (nSPS) is 13.5. The zero-order chi connectivity index (χ0) is 22.5. The Bertz CT molecular complexity index is 919. The first-order valence-corrected chi connectivity index (χ1v) is 10.4. The third-order valence-corrected chi connectivity index (χ3v) is 5.34. The molecule has 1 unspecified atom stereocenters. The van der Waals surface area contributed by atoms with Crippen molar-refractivity contribution in [2.45, 2.75) is 53.9 Å². The summed E-state index contributed by atoms with van der Waals surface area (Å²) in [7, 11) is 3.25. The van der Waals surface area contributed by atoms with Crippen molar-refractivity contribution in [1.82, 2.24) is 0 Å². The number of allylic oxidation sites excluding steroid dienone is 1. The summed E-state index contributed by atoms with van der Waals surface area (Å²) < 4.78 is 10.8. The molecule has 3 heteroatoms. The summed E-state index contributed by atoms with van der Waals surface area (Å²) in [5.74, 6) is 1.88. The number of nitriles is 1. The van der Waals surface area contributed by atoms with E-state index < -0.39 is 0 Å². The van der Waals surface area contributed by atoms with Gasteiger partial charge in [0.25, 0.3) is 0 Å². The molecule has 0 heterocycles. The molecule has 1 atom stereocenters. The van der Waals surface area contributed by atoms with Crippen LogP contribution >= 0.6 is 0 Å². The average molecular weight is 406 g/mol. The minimum absolute atomic E-state index is 0.163. The molecule has 30 heavy (non-hydrogen) atoms. The fraction of sp³-hybridized carbons (Fsp3) is 0.444. The van der Waals surface area contributed by atoms with E-state index in [4.69, 9.17) is 9.47 Å². The Morgan fingerprint density at radius 3 is 2.07 bits per heavy atom. The highest BCUT2D eigenvalue weighted by atomic mass is 16.5. The first-order chi connectivity index (χ1) is 14.0. The Labute approximate surface area is 182 Å². The van der Waals surface area contributed by atoms with Gasteiger partial charge in [-0.05, 0) is 58.6 Å². The maximum atomic E-state index is 9.80. The van der Waals surface area contributed by atoms with Gasteiger partial charge in [0.15, 0.2) is 0 Å². The van der Waals surface area contributed by atoms with E-state index in [1.54, 1.807) is 14.2 Å². The highest BCUT2D eigenvalue weighted by Crippen LogP contribution is 2.43. The van der Waals surface area contributed by atoms with Crippen LogP contribution in [0.2, 0.25) is 0 Å². The number of nitrogens with zero attached hydrogens (tertiary/aromatic N) is 1. The van der Waals surface area contributed by atoms with E-state index in [1.165, 1.54) is 5.56 Å². The number of rotatable bonds is 6. The summed E-state index contributed by atoms with van der Waals surface area (Å²) in [6.07, 6.45) is 2.96. The standard InChI is InChI=1S/C27H35NO2/c1-26(2,3)17-24(27(4,5)6)20-11-9-19(10-12-20)22(18-28)15-21-16-23(29-7)13-14-25(21)30-8/h9-16,24H,17H2,1-8H3/b22-15+. The van der Waals surface area contributed by atoms with Gasteiger partial charge in [-0.15, -0.1) is 0 Å². The molecule has 0 radical (unpaired) electrons. The van der Waals surface area contributed by atoms with Gasteiger partial charge in [-0.3, -0.25) is 0 Å². The molecule has 0 aliphatic carbocycles. The van der Waals surface area contributed by atoms with Crippen molar-refractivity contribution in [3.05, 3.63) is 59.2 Å². The Hall–Kier alpha value is -2.73. The molecule has 0 saturated heterocycles. The van der Waals surface area contributed by atoms with Gasteiger partial charge < -0.3 is 9.47 Å². The van der Waals surface area contributed by atoms with Gasteiger partial charge in [-0.25, -0.2) is 0 Å². The summed E-state index contributed by atoms with van der Waals surface area (Å²) in [4.78, 5) is 0. The van der Waals surface area contributed by atoms with Crippen molar-refractivity contribution in [1.29, 1.82) is 5.26 Å². The van der Waals surface area contributed by atoms with Crippen LogP contribution in [0.3, 0.4) is 0 Å². The maximum Gasteiger partial charge on any atom is 0.126 e. The van der Waals surface area contributed by atoms with Crippen molar-refractivity contribution < 1.29 is 9.47 Å². The second-order valence-corrected chi connectivity index (χ2v) is 10.1. The number of ether oxygens (including phenoxy) is 2. The van der Waals surface area contributed by atoms with Crippen molar-refractivity contribution in [3.8, 4) is 17.6 Å². The summed E-state index contributed by atoms with van der Waals surface area (Å²) in [5, 5.41) is 9.80. The predicted molar refractivity (Wildman–Crippen MR) is 126 cm³/mol. The average Bonchev–Trinajstić information content (AvgIpc) is 2.69. The molecule has 2 aromatic rings. The van der Waals surface area contributed by atoms with E-state index in [-0.39, 0.29) is 10.8 Å². The monoisotopic (exact) mass is 405 g/mol. The van der Waals surface area contributed by atoms with Crippen LogP contribution < -0.4 is 9.47 Å². The van der Waals surface area contributed by atoms with Crippen LogP contribution in [0.1, 0.15) is 70.6 Å². The van der Waals surface area contributed by atoms with Gasteiger partial charge in [0, 0.05) is 5.56 Å². The smallest absolute Gasteiger partial charge is 0.126 e. The minimum atomic E-state index is 0.163. The third kappa shape index (κ3) is 6.13. The van der Waals surface area contributed by atoms with Crippen LogP contribution in [0.4, 0.5) is 0 Å². The number of hydrogen-bond acceptors (Lipinski definition) is 3. The van der Waals surface area contributed by atoms with Crippen LogP contribution in [0.25, 0.3) is 11.6 Å². The largest absolute Gasteiger partial charge is 0.497 e. The van der Waals surface area contributed by atoms with Crippen LogP contribution in [-0.4, -0.2) is 14.2 Å². The van der Waals surface area contributed by atoms with E-state index in [0.29, 0.717) is 17.2 Å². The summed E-state index contributed by atoms with van der Waals surface area (Å²) in [5.41, 5.74) is 4.04. The SMILES string of the molecule is COc1ccc(OC)c(/C=C(\C#N)c2ccc(C(CC(C)(C)C)C(C)(C)C)cc2)c1. The Morgan fingerprint density at radius 1 is 0.967 bits per heavy atom. The van der Waals surface area contributed by atoms with Gasteiger partial charge in [0.2, 0.25) is 0 Å². The second kappa shape index (κ2) is 9.39. The summed E-state index contributed by atoms with van der Waals surface area (Å²) in [6.45, 7) is 13.8. The Kier molecular flexibility index (Phi) is 7.37. The van der Waals surface area contributed by atoms with Crippen LogP contribution in [0.15, 0.2) is 42.5 Å². The van der Waals surface area contributed by atoms with Crippen molar-refractivity contribution >= 4 is 11.6 Å². The molecular formula is C27H35NO2. The van der Waals surface area contributed by atoms with Crippen LogP contribution in [0.5, 0.6) is 11.5 Å². The molecule has 0 N–H and O–H groups in total. The lowest BCUT2D eigenvalue weighted by Crippen LogP contribution is -2.23. The zero-order valence-corrected chi connectivity index (χ0v) is 19.7. The summed E-state index contributed by atoms with van der Waals surface area (Å²) in [6, 6.07) is 16.4. The molecule has 0 fully saturated rings. The first kappa shape index (κ1) is 23.5. The van der Waals surface area contributed by atoms with E-state index in [0.717, 1.165) is 23.3 Å². The number of benzene rings is 2. The number of methoxy groups -OCH3 is 2. The second-order valence-electron chi connectivity index (χ2n) is 10.1. The Balaban J connectivity index is 2.42. The van der Waals surface area contributed by atoms with Crippen molar-refractivity contribution in [2.24, 2.45) is 10.8 Å². The molecular weight excluding hydrogens is 370 g/mol. The topological polar surface area (TPSA) is 42.2 Å². The minimum Gasteiger partial charge on any atom is -0.497 e.